The Hall–Kier alpha value is -2.90. The summed E-state index contributed by atoms with van der Waals surface area (Å²) in [6.45, 7) is 2.54. The van der Waals surface area contributed by atoms with Gasteiger partial charge >= 0.3 is 0 Å². The molecule has 7 heteroatoms. The first-order valence-corrected chi connectivity index (χ1v) is 11.6. The van der Waals surface area contributed by atoms with E-state index in [2.05, 4.69) is 10.6 Å². The summed E-state index contributed by atoms with van der Waals surface area (Å²) in [7, 11) is 0. The van der Waals surface area contributed by atoms with Gasteiger partial charge in [-0.15, -0.1) is 0 Å². The molecule has 3 rings (SSSR count). The standard InChI is InChI=1S/C27H31ClN2O4/c1-18(29-16-26(33)22-7-10-25(32)23(14-22)17-31)11-20-3-2-4-21(12-20)13-27(34)30-15-19-5-8-24(28)9-6-19/h2-10,12,14,18,26,29,31-33H,11,13,15-17H2,1H3,(H,30,34)/t18?,26-/m0/s1. The average Bonchev–Trinajstić information content (AvgIpc) is 2.82. The number of carbonyl (C=O) groups excluding carboxylic acids is 1. The average molecular weight is 483 g/mol. The Bertz CT molecular complexity index is 1090. The maximum absolute atomic E-state index is 12.4. The molecule has 5 N–H and O–H groups in total. The van der Waals surface area contributed by atoms with Crippen molar-refractivity contribution in [1.82, 2.24) is 10.6 Å². The molecular formula is C27H31ClN2O4. The third-order valence-electron chi connectivity index (χ3n) is 5.62. The Morgan fingerprint density at radius 3 is 2.47 bits per heavy atom. The molecule has 0 spiro atoms. The van der Waals surface area contributed by atoms with Gasteiger partial charge in [0.2, 0.25) is 5.91 Å². The van der Waals surface area contributed by atoms with Gasteiger partial charge in [-0.25, -0.2) is 0 Å². The SMILES string of the molecule is CC(Cc1cccc(CC(=O)NCc2ccc(Cl)cc2)c1)NC[C@H](O)c1ccc(O)c(CO)c1. The number of nitrogens with one attached hydrogen (secondary N) is 2. The Labute approximate surface area is 205 Å². The molecule has 0 aliphatic heterocycles. The molecule has 3 aromatic carbocycles. The number of hydrogen-bond donors (Lipinski definition) is 5. The fraction of sp³-hybridized carbons (Fsp3) is 0.296. The normalized spacial score (nSPS) is 12.8. The van der Waals surface area contributed by atoms with Crippen LogP contribution in [0.4, 0.5) is 0 Å². The molecule has 0 radical (unpaired) electrons. The zero-order valence-corrected chi connectivity index (χ0v) is 19.9. The summed E-state index contributed by atoms with van der Waals surface area (Å²) >= 11 is 5.89. The van der Waals surface area contributed by atoms with Gasteiger partial charge in [-0.2, -0.15) is 0 Å². The topological polar surface area (TPSA) is 102 Å². The molecule has 6 nitrogen and oxygen atoms in total. The van der Waals surface area contributed by atoms with Gasteiger partial charge in [0, 0.05) is 29.7 Å². The number of benzene rings is 3. The molecular weight excluding hydrogens is 452 g/mol. The molecule has 180 valence electrons. The monoisotopic (exact) mass is 482 g/mol. The van der Waals surface area contributed by atoms with E-state index in [-0.39, 0.29) is 24.3 Å². The number of aliphatic hydroxyl groups excluding tert-OH is 2. The maximum atomic E-state index is 12.4. The maximum Gasteiger partial charge on any atom is 0.224 e. The van der Waals surface area contributed by atoms with Gasteiger partial charge < -0.3 is 26.0 Å². The second kappa shape index (κ2) is 12.5. The highest BCUT2D eigenvalue weighted by Crippen LogP contribution is 2.22. The van der Waals surface area contributed by atoms with Gasteiger partial charge in [-0.1, -0.05) is 54.1 Å². The number of amides is 1. The van der Waals surface area contributed by atoms with E-state index in [1.165, 1.54) is 6.07 Å². The van der Waals surface area contributed by atoms with Crippen molar-refractivity contribution in [1.29, 1.82) is 0 Å². The van der Waals surface area contributed by atoms with E-state index >= 15 is 0 Å². The quantitative estimate of drug-likeness (QED) is 0.287. The van der Waals surface area contributed by atoms with Crippen LogP contribution in [0.15, 0.2) is 66.7 Å². The van der Waals surface area contributed by atoms with Crippen LogP contribution in [0.25, 0.3) is 0 Å². The minimum absolute atomic E-state index is 0.0123. The van der Waals surface area contributed by atoms with E-state index in [1.54, 1.807) is 24.3 Å². The number of halogens is 1. The second-order valence-corrected chi connectivity index (χ2v) is 8.91. The van der Waals surface area contributed by atoms with Crippen LogP contribution in [0, 0.1) is 0 Å². The van der Waals surface area contributed by atoms with Crippen LogP contribution in [0.1, 0.15) is 40.8 Å². The minimum atomic E-state index is -0.760. The van der Waals surface area contributed by atoms with Crippen molar-refractivity contribution in [3.63, 3.8) is 0 Å². The molecule has 0 aliphatic rings. The summed E-state index contributed by atoms with van der Waals surface area (Å²) in [5.41, 5.74) is 4.06. The van der Waals surface area contributed by atoms with Crippen molar-refractivity contribution in [2.45, 2.75) is 45.1 Å². The Morgan fingerprint density at radius 1 is 1.00 bits per heavy atom. The molecule has 2 atom stereocenters. The summed E-state index contributed by atoms with van der Waals surface area (Å²) in [6.07, 6.45) is 0.282. The largest absolute Gasteiger partial charge is 0.508 e. The number of rotatable bonds is 11. The summed E-state index contributed by atoms with van der Waals surface area (Å²) in [5, 5.41) is 36.4. The third kappa shape index (κ3) is 7.85. The van der Waals surface area contributed by atoms with Crippen LogP contribution in [0.3, 0.4) is 0 Å². The van der Waals surface area contributed by atoms with Crippen LogP contribution in [0.2, 0.25) is 5.02 Å². The highest BCUT2D eigenvalue weighted by molar-refractivity contribution is 6.30. The predicted octanol–water partition coefficient (Wildman–Crippen LogP) is 3.65. The van der Waals surface area contributed by atoms with Crippen LogP contribution < -0.4 is 10.6 Å². The van der Waals surface area contributed by atoms with E-state index in [4.69, 9.17) is 11.6 Å². The summed E-state index contributed by atoms with van der Waals surface area (Å²) < 4.78 is 0. The van der Waals surface area contributed by atoms with Gasteiger partial charge in [-0.3, -0.25) is 4.79 Å². The molecule has 0 saturated heterocycles. The third-order valence-corrected chi connectivity index (χ3v) is 5.87. The number of carbonyl (C=O) groups is 1. The van der Waals surface area contributed by atoms with E-state index in [9.17, 15) is 20.1 Å². The zero-order chi connectivity index (χ0) is 24.5. The second-order valence-electron chi connectivity index (χ2n) is 8.48. The van der Waals surface area contributed by atoms with Crippen LogP contribution in [-0.2, 0) is 30.8 Å². The molecule has 0 saturated carbocycles. The molecule has 0 fully saturated rings. The first-order valence-electron chi connectivity index (χ1n) is 11.3. The Morgan fingerprint density at radius 2 is 1.74 bits per heavy atom. The number of aliphatic hydroxyl groups is 2. The van der Waals surface area contributed by atoms with Crippen molar-refractivity contribution >= 4 is 17.5 Å². The molecule has 1 amide bonds. The summed E-state index contributed by atoms with van der Waals surface area (Å²) in [6, 6.07) is 20.2. The molecule has 1 unspecified atom stereocenters. The number of aromatic hydroxyl groups is 1. The predicted molar refractivity (Wildman–Crippen MR) is 134 cm³/mol. The number of phenols is 1. The van der Waals surface area contributed by atoms with Crippen molar-refractivity contribution in [2.75, 3.05) is 6.54 Å². The molecule has 34 heavy (non-hydrogen) atoms. The van der Waals surface area contributed by atoms with Crippen molar-refractivity contribution in [3.8, 4) is 5.75 Å². The number of hydrogen-bond acceptors (Lipinski definition) is 5. The molecule has 0 aromatic heterocycles. The first kappa shape index (κ1) is 25.7. The zero-order valence-electron chi connectivity index (χ0n) is 19.2. The lowest BCUT2D eigenvalue weighted by Crippen LogP contribution is -2.32. The lowest BCUT2D eigenvalue weighted by molar-refractivity contribution is -0.120. The van der Waals surface area contributed by atoms with Crippen LogP contribution >= 0.6 is 11.6 Å². The highest BCUT2D eigenvalue weighted by atomic mass is 35.5. The van der Waals surface area contributed by atoms with E-state index in [0.717, 1.165) is 23.1 Å². The molecule has 0 heterocycles. The summed E-state index contributed by atoms with van der Waals surface area (Å²) in [5.74, 6) is -0.0316. The molecule has 3 aromatic rings. The van der Waals surface area contributed by atoms with Crippen LogP contribution in [-0.4, -0.2) is 33.8 Å². The fourth-order valence-corrected chi connectivity index (χ4v) is 3.84. The highest BCUT2D eigenvalue weighted by Gasteiger charge is 2.13. The van der Waals surface area contributed by atoms with Gasteiger partial charge in [0.15, 0.2) is 0 Å². The van der Waals surface area contributed by atoms with Gasteiger partial charge in [0.1, 0.15) is 5.75 Å². The van der Waals surface area contributed by atoms with Crippen LogP contribution in [0.5, 0.6) is 5.75 Å². The van der Waals surface area contributed by atoms with E-state index in [0.29, 0.717) is 35.7 Å². The summed E-state index contributed by atoms with van der Waals surface area (Å²) in [4.78, 5) is 12.4. The lowest BCUT2D eigenvalue weighted by Gasteiger charge is -2.18. The smallest absolute Gasteiger partial charge is 0.224 e. The van der Waals surface area contributed by atoms with E-state index in [1.807, 2.05) is 43.3 Å². The molecule has 0 aliphatic carbocycles. The van der Waals surface area contributed by atoms with Crippen molar-refractivity contribution < 1.29 is 20.1 Å². The minimum Gasteiger partial charge on any atom is -0.508 e. The Balaban J connectivity index is 1.47. The van der Waals surface area contributed by atoms with Crippen molar-refractivity contribution in [3.05, 3.63) is 99.6 Å². The van der Waals surface area contributed by atoms with Gasteiger partial charge in [0.05, 0.1) is 19.1 Å². The Kier molecular flexibility index (Phi) is 9.48. The molecule has 0 bridgehead atoms. The lowest BCUT2D eigenvalue weighted by atomic mass is 10.0. The van der Waals surface area contributed by atoms with E-state index < -0.39 is 6.10 Å². The fourth-order valence-electron chi connectivity index (χ4n) is 3.71. The van der Waals surface area contributed by atoms with Gasteiger partial charge in [-0.05, 0) is 59.9 Å². The van der Waals surface area contributed by atoms with Crippen molar-refractivity contribution in [2.24, 2.45) is 0 Å². The first-order chi connectivity index (χ1) is 16.3. The van der Waals surface area contributed by atoms with Gasteiger partial charge in [0.25, 0.3) is 0 Å².